The zero-order valence-corrected chi connectivity index (χ0v) is 14.9. The first-order valence-corrected chi connectivity index (χ1v) is 9.61. The van der Waals surface area contributed by atoms with Gasteiger partial charge in [-0.25, -0.2) is 8.42 Å². The van der Waals surface area contributed by atoms with E-state index >= 15 is 0 Å². The molecule has 0 radical (unpaired) electrons. The van der Waals surface area contributed by atoms with E-state index in [4.69, 9.17) is 0 Å². The molecule has 21 heavy (non-hydrogen) atoms. The molecule has 5 nitrogen and oxygen atoms in total. The highest BCUT2D eigenvalue weighted by Crippen LogP contribution is 2.21. The van der Waals surface area contributed by atoms with Crippen molar-refractivity contribution in [2.24, 2.45) is 16.3 Å². The monoisotopic (exact) mass is 317 g/mol. The van der Waals surface area contributed by atoms with E-state index in [2.05, 4.69) is 43.3 Å². The largest absolute Gasteiger partial charge is 0.356 e. The van der Waals surface area contributed by atoms with Gasteiger partial charge in [0.1, 0.15) is 0 Å². The molecule has 0 saturated carbocycles. The van der Waals surface area contributed by atoms with Gasteiger partial charge in [-0.15, -0.1) is 0 Å². The third-order valence-electron chi connectivity index (χ3n) is 3.82. The predicted octanol–water partition coefficient (Wildman–Crippen LogP) is 1.80. The highest BCUT2D eigenvalue weighted by atomic mass is 32.2. The van der Waals surface area contributed by atoms with Crippen LogP contribution in [0.5, 0.6) is 0 Å². The molecule has 2 unspecified atom stereocenters. The van der Waals surface area contributed by atoms with Crippen molar-refractivity contribution in [3.8, 4) is 0 Å². The Balaban J connectivity index is 2.32. The topological polar surface area (TPSA) is 70.6 Å². The number of aliphatic imine (C=N–C) groups is 1. The van der Waals surface area contributed by atoms with Crippen LogP contribution in [0.3, 0.4) is 0 Å². The number of guanidine groups is 1. The van der Waals surface area contributed by atoms with Crippen LogP contribution < -0.4 is 10.6 Å². The first-order valence-electron chi connectivity index (χ1n) is 7.79. The van der Waals surface area contributed by atoms with Crippen LogP contribution in [0.25, 0.3) is 0 Å². The van der Waals surface area contributed by atoms with Crippen molar-refractivity contribution in [2.75, 3.05) is 25.1 Å². The number of nitrogens with one attached hydrogen (secondary N) is 2. The molecule has 1 aliphatic heterocycles. The minimum Gasteiger partial charge on any atom is -0.356 e. The number of sulfone groups is 1. The molecule has 1 heterocycles. The summed E-state index contributed by atoms with van der Waals surface area (Å²) in [6.45, 7) is 9.55. The SMILES string of the molecule is CN=C(NCC1CCS(=O)(=O)C1)NC(C)CCC(C)(C)C. The highest BCUT2D eigenvalue weighted by Gasteiger charge is 2.27. The molecule has 1 aliphatic rings. The zero-order chi connectivity index (χ0) is 16.1. The van der Waals surface area contributed by atoms with Gasteiger partial charge in [0, 0.05) is 19.6 Å². The van der Waals surface area contributed by atoms with Gasteiger partial charge in [0.05, 0.1) is 11.5 Å². The van der Waals surface area contributed by atoms with E-state index in [-0.39, 0.29) is 5.92 Å². The maximum absolute atomic E-state index is 11.4. The fourth-order valence-corrected chi connectivity index (χ4v) is 4.29. The average Bonchev–Trinajstić information content (AvgIpc) is 2.71. The Labute approximate surface area is 129 Å². The summed E-state index contributed by atoms with van der Waals surface area (Å²) in [5.41, 5.74) is 0.338. The molecule has 1 rings (SSSR count). The van der Waals surface area contributed by atoms with Crippen LogP contribution in [0.15, 0.2) is 4.99 Å². The van der Waals surface area contributed by atoms with Gasteiger partial charge in [0.2, 0.25) is 0 Å². The second kappa shape index (κ2) is 7.47. The van der Waals surface area contributed by atoms with Gasteiger partial charge >= 0.3 is 0 Å². The van der Waals surface area contributed by atoms with Crippen LogP contribution in [-0.4, -0.2) is 45.5 Å². The second-order valence-electron chi connectivity index (χ2n) is 7.37. The van der Waals surface area contributed by atoms with Gasteiger partial charge in [-0.1, -0.05) is 20.8 Å². The van der Waals surface area contributed by atoms with Gasteiger partial charge in [-0.05, 0) is 37.5 Å². The standard InChI is InChI=1S/C15H31N3O2S/c1-12(6-8-15(2,3)4)18-14(16-5)17-10-13-7-9-21(19,20)11-13/h12-13H,6-11H2,1-5H3,(H2,16,17,18). The maximum atomic E-state index is 11.4. The van der Waals surface area contributed by atoms with Gasteiger partial charge in [0.25, 0.3) is 0 Å². The summed E-state index contributed by atoms with van der Waals surface area (Å²) >= 11 is 0. The van der Waals surface area contributed by atoms with Gasteiger partial charge in [-0.2, -0.15) is 0 Å². The van der Waals surface area contributed by atoms with E-state index in [1.54, 1.807) is 7.05 Å². The lowest BCUT2D eigenvalue weighted by atomic mass is 9.89. The summed E-state index contributed by atoms with van der Waals surface area (Å²) in [4.78, 5) is 4.21. The molecular weight excluding hydrogens is 286 g/mol. The lowest BCUT2D eigenvalue weighted by molar-refractivity contribution is 0.346. The fraction of sp³-hybridized carbons (Fsp3) is 0.933. The molecule has 0 aromatic heterocycles. The number of rotatable bonds is 5. The zero-order valence-electron chi connectivity index (χ0n) is 14.1. The van der Waals surface area contributed by atoms with Crippen LogP contribution in [0.2, 0.25) is 0 Å². The van der Waals surface area contributed by atoms with E-state index in [1.165, 1.54) is 0 Å². The lowest BCUT2D eigenvalue weighted by Crippen LogP contribution is -2.44. The van der Waals surface area contributed by atoms with Crippen LogP contribution in [0.1, 0.15) is 47.0 Å². The maximum Gasteiger partial charge on any atom is 0.191 e. The molecule has 0 aromatic carbocycles. The molecule has 6 heteroatoms. The third kappa shape index (κ3) is 7.69. The molecule has 0 aromatic rings. The molecule has 0 amide bonds. The van der Waals surface area contributed by atoms with Crippen LogP contribution in [0.4, 0.5) is 0 Å². The second-order valence-corrected chi connectivity index (χ2v) is 9.60. The molecule has 0 bridgehead atoms. The smallest absolute Gasteiger partial charge is 0.191 e. The fourth-order valence-electron chi connectivity index (χ4n) is 2.42. The molecule has 2 atom stereocenters. The Morgan fingerprint density at radius 3 is 2.52 bits per heavy atom. The van der Waals surface area contributed by atoms with Crippen molar-refractivity contribution >= 4 is 15.8 Å². The first-order chi connectivity index (χ1) is 9.61. The number of hydrogen-bond donors (Lipinski definition) is 2. The summed E-state index contributed by atoms with van der Waals surface area (Å²) in [7, 11) is -1.05. The summed E-state index contributed by atoms with van der Waals surface area (Å²) in [6.07, 6.45) is 2.99. The Morgan fingerprint density at radius 2 is 2.05 bits per heavy atom. The molecular formula is C15H31N3O2S. The Hall–Kier alpha value is -0.780. The minimum absolute atomic E-state index is 0.207. The Bertz CT molecular complexity index is 452. The van der Waals surface area contributed by atoms with Crippen molar-refractivity contribution in [2.45, 2.75) is 53.0 Å². The quantitative estimate of drug-likeness (QED) is 0.599. The van der Waals surface area contributed by atoms with Crippen molar-refractivity contribution in [1.82, 2.24) is 10.6 Å². The van der Waals surface area contributed by atoms with Crippen LogP contribution in [0, 0.1) is 11.3 Å². The third-order valence-corrected chi connectivity index (χ3v) is 5.66. The van der Waals surface area contributed by atoms with Crippen LogP contribution in [-0.2, 0) is 9.84 Å². The average molecular weight is 317 g/mol. The summed E-state index contributed by atoms with van der Waals surface area (Å²) in [5, 5.41) is 6.62. The van der Waals surface area contributed by atoms with Crippen molar-refractivity contribution in [3.63, 3.8) is 0 Å². The molecule has 1 saturated heterocycles. The Morgan fingerprint density at radius 1 is 1.38 bits per heavy atom. The van der Waals surface area contributed by atoms with Gasteiger partial charge < -0.3 is 10.6 Å². The van der Waals surface area contributed by atoms with Gasteiger partial charge in [-0.3, -0.25) is 4.99 Å². The summed E-state index contributed by atoms with van der Waals surface area (Å²) in [6, 6.07) is 0.350. The lowest BCUT2D eigenvalue weighted by Gasteiger charge is -2.23. The molecule has 2 N–H and O–H groups in total. The van der Waals surface area contributed by atoms with E-state index in [0.717, 1.165) is 25.2 Å². The molecule has 0 spiro atoms. The normalized spacial score (nSPS) is 23.9. The summed E-state index contributed by atoms with van der Waals surface area (Å²) in [5.74, 6) is 1.60. The predicted molar refractivity (Wildman–Crippen MR) is 89.4 cm³/mol. The van der Waals surface area contributed by atoms with E-state index in [9.17, 15) is 8.42 Å². The van der Waals surface area contributed by atoms with Crippen molar-refractivity contribution < 1.29 is 8.42 Å². The number of hydrogen-bond acceptors (Lipinski definition) is 3. The molecule has 1 fully saturated rings. The molecule has 0 aliphatic carbocycles. The molecule has 124 valence electrons. The van der Waals surface area contributed by atoms with Crippen molar-refractivity contribution in [1.29, 1.82) is 0 Å². The Kier molecular flexibility index (Phi) is 6.50. The first kappa shape index (κ1) is 18.3. The number of nitrogens with zero attached hydrogens (tertiary/aromatic N) is 1. The van der Waals surface area contributed by atoms with E-state index in [1.807, 2.05) is 0 Å². The van der Waals surface area contributed by atoms with Crippen LogP contribution >= 0.6 is 0 Å². The van der Waals surface area contributed by atoms with E-state index < -0.39 is 9.84 Å². The highest BCUT2D eigenvalue weighted by molar-refractivity contribution is 7.91. The van der Waals surface area contributed by atoms with Crippen molar-refractivity contribution in [3.05, 3.63) is 0 Å². The minimum atomic E-state index is -2.80. The van der Waals surface area contributed by atoms with E-state index in [0.29, 0.717) is 29.5 Å². The van der Waals surface area contributed by atoms with Gasteiger partial charge in [0.15, 0.2) is 15.8 Å². The summed E-state index contributed by atoms with van der Waals surface area (Å²) < 4.78 is 22.9.